The molecule has 1 heterocycles. The molecular weight excluding hydrogens is 160 g/mol. The summed E-state index contributed by atoms with van der Waals surface area (Å²) in [4.78, 5) is 1.68. The van der Waals surface area contributed by atoms with Gasteiger partial charge in [-0.2, -0.15) is 11.8 Å². The second-order valence-corrected chi connectivity index (χ2v) is 3.48. The molecule has 0 aromatic heterocycles. The number of nitrogens with zero attached hydrogens (tertiary/aromatic N) is 1. The maximum atomic E-state index is 9.40. The maximum Gasteiger partial charge on any atom is 0.135 e. The van der Waals surface area contributed by atoms with Crippen LogP contribution >= 0.6 is 11.8 Å². The SMILES string of the molecule is C=CN1CC(=N)CSCC1O. The Kier molecular flexibility index (Phi) is 2.96. The fourth-order valence-corrected chi connectivity index (χ4v) is 1.80. The number of aliphatic hydroxyl groups is 1. The molecule has 4 heteroatoms. The molecule has 1 rings (SSSR count). The van der Waals surface area contributed by atoms with Crippen molar-refractivity contribution >= 4 is 17.5 Å². The summed E-state index contributed by atoms with van der Waals surface area (Å²) in [6, 6.07) is 0. The van der Waals surface area contributed by atoms with Crippen molar-refractivity contribution in [3.63, 3.8) is 0 Å². The number of thioether (sulfide) groups is 1. The highest BCUT2D eigenvalue weighted by molar-refractivity contribution is 8.00. The van der Waals surface area contributed by atoms with Crippen molar-refractivity contribution < 1.29 is 5.11 Å². The first kappa shape index (κ1) is 8.62. The highest BCUT2D eigenvalue weighted by Gasteiger charge is 2.17. The minimum atomic E-state index is -0.472. The second-order valence-electron chi connectivity index (χ2n) is 2.45. The van der Waals surface area contributed by atoms with E-state index < -0.39 is 6.23 Å². The number of aliphatic hydroxyl groups excluding tert-OH is 1. The van der Waals surface area contributed by atoms with Gasteiger partial charge in [-0.3, -0.25) is 0 Å². The molecule has 0 radical (unpaired) electrons. The largest absolute Gasteiger partial charge is 0.373 e. The normalized spacial score (nSPS) is 26.5. The molecule has 0 aromatic carbocycles. The summed E-state index contributed by atoms with van der Waals surface area (Å²) in [6.07, 6.45) is 1.12. The van der Waals surface area contributed by atoms with Crippen LogP contribution in [0.15, 0.2) is 12.8 Å². The molecule has 0 aromatic rings. The molecule has 0 amide bonds. The van der Waals surface area contributed by atoms with Crippen molar-refractivity contribution in [1.29, 1.82) is 5.41 Å². The third-order valence-electron chi connectivity index (χ3n) is 1.53. The fourth-order valence-electron chi connectivity index (χ4n) is 0.941. The fraction of sp³-hybridized carbons (Fsp3) is 0.571. The summed E-state index contributed by atoms with van der Waals surface area (Å²) in [5, 5.41) is 16.8. The third kappa shape index (κ3) is 2.24. The summed E-state index contributed by atoms with van der Waals surface area (Å²) in [5.74, 6) is 1.38. The molecule has 1 atom stereocenters. The molecule has 11 heavy (non-hydrogen) atoms. The maximum absolute atomic E-state index is 9.40. The van der Waals surface area contributed by atoms with Gasteiger partial charge < -0.3 is 15.4 Å². The average Bonchev–Trinajstić information content (AvgIpc) is 2.13. The molecule has 1 aliphatic heterocycles. The van der Waals surface area contributed by atoms with E-state index in [2.05, 4.69) is 6.58 Å². The summed E-state index contributed by atoms with van der Waals surface area (Å²) >= 11 is 1.59. The summed E-state index contributed by atoms with van der Waals surface area (Å²) in [5.41, 5.74) is 0.645. The van der Waals surface area contributed by atoms with Crippen molar-refractivity contribution in [2.24, 2.45) is 0 Å². The van der Waals surface area contributed by atoms with Crippen molar-refractivity contribution in [2.75, 3.05) is 18.1 Å². The van der Waals surface area contributed by atoms with Crippen LogP contribution in [0.4, 0.5) is 0 Å². The van der Waals surface area contributed by atoms with E-state index in [1.807, 2.05) is 0 Å². The lowest BCUT2D eigenvalue weighted by Gasteiger charge is -2.22. The summed E-state index contributed by atoms with van der Waals surface area (Å²) < 4.78 is 0. The molecule has 1 aliphatic rings. The van der Waals surface area contributed by atoms with Gasteiger partial charge >= 0.3 is 0 Å². The minimum Gasteiger partial charge on any atom is -0.373 e. The monoisotopic (exact) mass is 172 g/mol. The molecule has 62 valence electrons. The molecule has 0 aliphatic carbocycles. The molecule has 2 N–H and O–H groups in total. The van der Waals surface area contributed by atoms with Gasteiger partial charge in [0.25, 0.3) is 0 Å². The van der Waals surface area contributed by atoms with Gasteiger partial charge in [0, 0.05) is 17.2 Å². The first-order valence-corrected chi connectivity index (χ1v) is 4.60. The Morgan fingerprint density at radius 1 is 1.82 bits per heavy atom. The predicted molar refractivity (Wildman–Crippen MR) is 48.0 cm³/mol. The number of nitrogens with one attached hydrogen (secondary N) is 1. The average molecular weight is 172 g/mol. The van der Waals surface area contributed by atoms with Gasteiger partial charge in [-0.25, -0.2) is 0 Å². The summed E-state index contributed by atoms with van der Waals surface area (Å²) in [7, 11) is 0. The molecule has 1 saturated heterocycles. The Morgan fingerprint density at radius 2 is 2.55 bits per heavy atom. The van der Waals surface area contributed by atoms with Crippen molar-refractivity contribution in [3.8, 4) is 0 Å². The lowest BCUT2D eigenvalue weighted by atomic mass is 10.4. The van der Waals surface area contributed by atoms with Crippen molar-refractivity contribution in [1.82, 2.24) is 4.90 Å². The number of rotatable bonds is 1. The van der Waals surface area contributed by atoms with Gasteiger partial charge in [0.2, 0.25) is 0 Å². The quantitative estimate of drug-likeness (QED) is 0.606. The van der Waals surface area contributed by atoms with Crippen LogP contribution in [0.25, 0.3) is 0 Å². The first-order valence-electron chi connectivity index (χ1n) is 3.44. The molecular formula is C7H12N2OS. The van der Waals surface area contributed by atoms with Crippen LogP contribution < -0.4 is 0 Å². The standard InChI is InChI=1S/C7H12N2OS/c1-2-9-3-6(8)4-11-5-7(9)10/h2,7-8,10H,1,3-5H2. The summed E-state index contributed by atoms with van der Waals surface area (Å²) in [6.45, 7) is 4.08. The van der Waals surface area contributed by atoms with Gasteiger partial charge in [0.1, 0.15) is 6.23 Å². The van der Waals surface area contributed by atoms with E-state index >= 15 is 0 Å². The predicted octanol–water partition coefficient (Wildman–Crippen LogP) is 0.517. The zero-order valence-corrected chi connectivity index (χ0v) is 7.10. The zero-order valence-electron chi connectivity index (χ0n) is 6.29. The Labute approximate surface area is 70.6 Å². The third-order valence-corrected chi connectivity index (χ3v) is 2.62. The lowest BCUT2D eigenvalue weighted by molar-refractivity contribution is 0.0707. The van der Waals surface area contributed by atoms with E-state index in [1.54, 1.807) is 22.9 Å². The molecule has 0 bridgehead atoms. The lowest BCUT2D eigenvalue weighted by Crippen LogP contribution is -2.33. The van der Waals surface area contributed by atoms with E-state index in [0.29, 0.717) is 18.0 Å². The highest BCUT2D eigenvalue weighted by Crippen LogP contribution is 2.12. The van der Waals surface area contributed by atoms with E-state index in [9.17, 15) is 5.11 Å². The molecule has 1 fully saturated rings. The van der Waals surface area contributed by atoms with Crippen LogP contribution in [0.1, 0.15) is 0 Å². The highest BCUT2D eigenvalue weighted by atomic mass is 32.2. The van der Waals surface area contributed by atoms with Crippen LogP contribution in [0.2, 0.25) is 0 Å². The number of hydrogen-bond acceptors (Lipinski definition) is 4. The molecule has 0 spiro atoms. The first-order chi connectivity index (χ1) is 5.24. The van der Waals surface area contributed by atoms with Gasteiger partial charge in [-0.05, 0) is 6.20 Å². The van der Waals surface area contributed by atoms with Crippen LogP contribution in [0.5, 0.6) is 0 Å². The van der Waals surface area contributed by atoms with E-state index in [0.717, 1.165) is 5.75 Å². The van der Waals surface area contributed by atoms with Crippen molar-refractivity contribution in [3.05, 3.63) is 12.8 Å². The van der Waals surface area contributed by atoms with Gasteiger partial charge in [0.05, 0.1) is 6.54 Å². The van der Waals surface area contributed by atoms with E-state index in [4.69, 9.17) is 5.41 Å². The van der Waals surface area contributed by atoms with Gasteiger partial charge in [-0.1, -0.05) is 6.58 Å². The van der Waals surface area contributed by atoms with E-state index in [1.165, 1.54) is 0 Å². The Morgan fingerprint density at radius 3 is 3.18 bits per heavy atom. The van der Waals surface area contributed by atoms with Crippen molar-refractivity contribution in [2.45, 2.75) is 6.23 Å². The Bertz CT molecular complexity index is 172. The molecule has 1 unspecified atom stereocenters. The van der Waals surface area contributed by atoms with Crippen LogP contribution in [-0.4, -0.2) is 40.0 Å². The van der Waals surface area contributed by atoms with Gasteiger partial charge in [-0.15, -0.1) is 0 Å². The van der Waals surface area contributed by atoms with Crippen LogP contribution in [0, 0.1) is 5.41 Å². The number of hydrogen-bond donors (Lipinski definition) is 2. The molecule has 3 nitrogen and oxygen atoms in total. The topological polar surface area (TPSA) is 47.3 Å². The zero-order chi connectivity index (χ0) is 8.27. The second kappa shape index (κ2) is 3.78. The van der Waals surface area contributed by atoms with E-state index in [-0.39, 0.29) is 0 Å². The van der Waals surface area contributed by atoms with Crippen LogP contribution in [0.3, 0.4) is 0 Å². The molecule has 0 saturated carbocycles. The Balaban J connectivity index is 2.58. The minimum absolute atomic E-state index is 0.472. The Hall–Kier alpha value is -0.480. The smallest absolute Gasteiger partial charge is 0.135 e. The van der Waals surface area contributed by atoms with Crippen LogP contribution in [-0.2, 0) is 0 Å². The van der Waals surface area contributed by atoms with Gasteiger partial charge in [0.15, 0.2) is 0 Å².